The van der Waals surface area contributed by atoms with Crippen LogP contribution < -0.4 is 14.8 Å². The number of fused-ring (bicyclic) bond motifs is 1. The fourth-order valence-electron chi connectivity index (χ4n) is 4.38. The van der Waals surface area contributed by atoms with Gasteiger partial charge in [0, 0.05) is 34.8 Å². The maximum atomic E-state index is 12.9. The molecule has 4 aromatic rings. The van der Waals surface area contributed by atoms with Gasteiger partial charge in [-0.25, -0.2) is 0 Å². The van der Waals surface area contributed by atoms with Crippen molar-refractivity contribution in [2.45, 2.75) is 40.4 Å². The van der Waals surface area contributed by atoms with Crippen LogP contribution in [-0.4, -0.2) is 28.5 Å². The lowest BCUT2D eigenvalue weighted by atomic mass is 10.1. The highest BCUT2D eigenvalue weighted by Gasteiger charge is 2.30. The lowest BCUT2D eigenvalue weighted by Crippen LogP contribution is -2.07. The molecule has 9 heteroatoms. The number of rotatable bonds is 7. The molecule has 1 N–H and O–H groups in total. The first-order valence-electron chi connectivity index (χ1n) is 11.2. The molecule has 0 aliphatic heterocycles. The minimum absolute atomic E-state index is 0.307. The van der Waals surface area contributed by atoms with Crippen molar-refractivity contribution in [3.63, 3.8) is 0 Å². The van der Waals surface area contributed by atoms with Crippen LogP contribution in [0.4, 0.5) is 19.0 Å². The second kappa shape index (κ2) is 9.48. The van der Waals surface area contributed by atoms with E-state index in [0.29, 0.717) is 30.3 Å². The largest absolute Gasteiger partial charge is 0.494 e. The van der Waals surface area contributed by atoms with Crippen molar-refractivity contribution in [1.29, 1.82) is 0 Å². The second-order valence-corrected chi connectivity index (χ2v) is 8.21. The number of aryl methyl sites for hydroxylation is 3. The monoisotopic (exact) mass is 484 g/mol. The second-order valence-electron chi connectivity index (χ2n) is 8.21. The van der Waals surface area contributed by atoms with Crippen LogP contribution >= 0.6 is 0 Å². The highest BCUT2D eigenvalue weighted by Crippen LogP contribution is 2.38. The van der Waals surface area contributed by atoms with Gasteiger partial charge in [0.1, 0.15) is 11.5 Å². The Kier molecular flexibility index (Phi) is 6.60. The molecule has 0 fully saturated rings. The molecule has 2 heterocycles. The van der Waals surface area contributed by atoms with E-state index in [9.17, 15) is 13.2 Å². The number of hydrogen-bond donors (Lipinski definition) is 1. The van der Waals surface area contributed by atoms with Crippen LogP contribution in [0.2, 0.25) is 0 Å². The summed E-state index contributed by atoms with van der Waals surface area (Å²) in [6.07, 6.45) is -4.36. The maximum absolute atomic E-state index is 12.9. The third kappa shape index (κ3) is 4.62. The van der Waals surface area contributed by atoms with Crippen LogP contribution in [0.15, 0.2) is 42.5 Å². The van der Waals surface area contributed by atoms with E-state index in [1.807, 2.05) is 45.9 Å². The van der Waals surface area contributed by atoms with Gasteiger partial charge < -0.3 is 19.4 Å². The van der Waals surface area contributed by atoms with E-state index in [1.165, 1.54) is 12.1 Å². The van der Waals surface area contributed by atoms with E-state index >= 15 is 0 Å². The Morgan fingerprint density at radius 3 is 2.26 bits per heavy atom. The summed E-state index contributed by atoms with van der Waals surface area (Å²) in [6.45, 7) is 8.70. The molecule has 4 rings (SSSR count). The first-order chi connectivity index (χ1) is 16.7. The number of methoxy groups -OCH3 is 1. The van der Waals surface area contributed by atoms with Gasteiger partial charge in [-0.3, -0.25) is 0 Å². The van der Waals surface area contributed by atoms with Gasteiger partial charge in [0.15, 0.2) is 5.82 Å². The Balaban J connectivity index is 1.74. The summed E-state index contributed by atoms with van der Waals surface area (Å²) in [5.74, 6) is 1.95. The Hall–Kier alpha value is -3.75. The Bertz CT molecular complexity index is 1360. The van der Waals surface area contributed by atoms with Gasteiger partial charge in [0.25, 0.3) is 0 Å². The molecule has 2 aromatic carbocycles. The Morgan fingerprint density at radius 1 is 0.943 bits per heavy atom. The molecule has 0 aliphatic rings. The summed E-state index contributed by atoms with van der Waals surface area (Å²) >= 11 is 0. The van der Waals surface area contributed by atoms with Crippen LogP contribution in [-0.2, 0) is 12.7 Å². The Labute approximate surface area is 201 Å². The van der Waals surface area contributed by atoms with E-state index in [2.05, 4.69) is 20.1 Å². The zero-order valence-electron chi connectivity index (χ0n) is 20.2. The molecule has 0 spiro atoms. The normalized spacial score (nSPS) is 11.7. The quantitative estimate of drug-likeness (QED) is 0.330. The molecular weight excluding hydrogens is 457 g/mol. The average Bonchev–Trinajstić information content (AvgIpc) is 3.09. The highest BCUT2D eigenvalue weighted by molar-refractivity contribution is 5.98. The molecule has 6 nitrogen and oxygen atoms in total. The van der Waals surface area contributed by atoms with E-state index in [4.69, 9.17) is 9.47 Å². The SMILES string of the molecule is CCOc1ccc(-n2c(C)c3c(C)nnc(NCc4ccc(C(F)(F)F)cc4)c3c2C)c(OC)c1. The van der Waals surface area contributed by atoms with E-state index in [-0.39, 0.29) is 0 Å². The lowest BCUT2D eigenvalue weighted by molar-refractivity contribution is -0.137. The van der Waals surface area contributed by atoms with Crippen LogP contribution in [0.5, 0.6) is 11.5 Å². The number of nitrogens with one attached hydrogen (secondary N) is 1. The van der Waals surface area contributed by atoms with Crippen molar-refractivity contribution in [1.82, 2.24) is 14.8 Å². The lowest BCUT2D eigenvalue weighted by Gasteiger charge is -2.15. The summed E-state index contributed by atoms with van der Waals surface area (Å²) in [6, 6.07) is 10.8. The van der Waals surface area contributed by atoms with Gasteiger partial charge >= 0.3 is 6.18 Å². The van der Waals surface area contributed by atoms with Crippen molar-refractivity contribution in [2.24, 2.45) is 0 Å². The predicted octanol–water partition coefficient (Wildman–Crippen LogP) is 6.38. The number of anilines is 1. The zero-order chi connectivity index (χ0) is 25.3. The maximum Gasteiger partial charge on any atom is 0.416 e. The first kappa shape index (κ1) is 24.4. The molecule has 0 radical (unpaired) electrons. The van der Waals surface area contributed by atoms with E-state index in [1.54, 1.807) is 7.11 Å². The molecule has 35 heavy (non-hydrogen) atoms. The highest BCUT2D eigenvalue weighted by atomic mass is 19.4. The predicted molar refractivity (Wildman–Crippen MR) is 130 cm³/mol. The molecular formula is C26H27F3N4O2. The number of hydrogen-bond acceptors (Lipinski definition) is 5. The number of benzene rings is 2. The summed E-state index contributed by atoms with van der Waals surface area (Å²) in [7, 11) is 1.62. The third-order valence-corrected chi connectivity index (χ3v) is 5.99. The molecule has 184 valence electrons. The molecule has 0 saturated carbocycles. The molecule has 0 amide bonds. The molecule has 2 aromatic heterocycles. The fourth-order valence-corrected chi connectivity index (χ4v) is 4.38. The van der Waals surface area contributed by atoms with Gasteiger partial charge in [-0.15, -0.1) is 5.10 Å². The summed E-state index contributed by atoms with van der Waals surface area (Å²) in [4.78, 5) is 0. The molecule has 0 unspecified atom stereocenters. The third-order valence-electron chi connectivity index (χ3n) is 5.99. The summed E-state index contributed by atoms with van der Waals surface area (Å²) in [5, 5.41) is 13.8. The van der Waals surface area contributed by atoms with Gasteiger partial charge in [0.05, 0.1) is 30.7 Å². The van der Waals surface area contributed by atoms with Crippen molar-refractivity contribution < 1.29 is 22.6 Å². The zero-order valence-corrected chi connectivity index (χ0v) is 20.2. The summed E-state index contributed by atoms with van der Waals surface area (Å²) < 4.78 is 52.0. The van der Waals surface area contributed by atoms with E-state index < -0.39 is 11.7 Å². The van der Waals surface area contributed by atoms with Crippen LogP contribution in [0.1, 0.15) is 35.1 Å². The van der Waals surface area contributed by atoms with Crippen LogP contribution in [0, 0.1) is 20.8 Å². The number of halogens is 3. The van der Waals surface area contributed by atoms with Gasteiger partial charge in [-0.2, -0.15) is 18.3 Å². The van der Waals surface area contributed by atoms with Gasteiger partial charge in [-0.1, -0.05) is 12.1 Å². The number of aromatic nitrogens is 3. The van der Waals surface area contributed by atoms with Crippen molar-refractivity contribution in [2.75, 3.05) is 19.0 Å². The number of ether oxygens (including phenoxy) is 2. The standard InChI is InChI=1S/C26H27F3N4O2/c1-6-35-20-11-12-21(22(13-20)34-5)33-16(3)23-15(2)31-32-25(24(23)17(33)4)30-14-18-7-9-19(10-8-18)26(27,28)29/h7-13H,6,14H2,1-5H3,(H,30,32). The fraction of sp³-hybridized carbons (Fsp3) is 0.308. The van der Waals surface area contributed by atoms with Crippen LogP contribution in [0.3, 0.4) is 0 Å². The topological polar surface area (TPSA) is 61.2 Å². The van der Waals surface area contributed by atoms with Crippen LogP contribution in [0.25, 0.3) is 16.5 Å². The number of alkyl halides is 3. The number of nitrogens with zero attached hydrogens (tertiary/aromatic N) is 3. The Morgan fingerprint density at radius 2 is 1.63 bits per heavy atom. The first-order valence-corrected chi connectivity index (χ1v) is 11.2. The molecule has 0 bridgehead atoms. The smallest absolute Gasteiger partial charge is 0.416 e. The van der Waals surface area contributed by atoms with E-state index in [0.717, 1.165) is 51.4 Å². The minimum atomic E-state index is -4.36. The van der Waals surface area contributed by atoms with Crippen molar-refractivity contribution in [3.8, 4) is 17.2 Å². The van der Waals surface area contributed by atoms with Crippen molar-refractivity contribution in [3.05, 3.63) is 70.7 Å². The summed E-state index contributed by atoms with van der Waals surface area (Å²) in [5.41, 5.74) is 3.58. The van der Waals surface area contributed by atoms with Gasteiger partial charge in [-0.05, 0) is 57.5 Å². The molecule has 0 aliphatic carbocycles. The van der Waals surface area contributed by atoms with Crippen molar-refractivity contribution >= 4 is 16.6 Å². The molecule has 0 saturated heterocycles. The van der Waals surface area contributed by atoms with Gasteiger partial charge in [0.2, 0.25) is 0 Å². The molecule has 0 atom stereocenters. The average molecular weight is 485 g/mol. The minimum Gasteiger partial charge on any atom is -0.494 e.